The van der Waals surface area contributed by atoms with Gasteiger partial charge in [-0.3, -0.25) is 9.48 Å². The predicted octanol–water partition coefficient (Wildman–Crippen LogP) is 3.33. The second-order valence-electron chi connectivity index (χ2n) is 4.81. The summed E-state index contributed by atoms with van der Waals surface area (Å²) in [4.78, 5) is 24.0. The first-order chi connectivity index (χ1) is 11.2. The van der Waals surface area contributed by atoms with E-state index in [-0.39, 0.29) is 16.4 Å². The second-order valence-corrected chi connectivity index (χ2v) is 5.87. The normalized spacial score (nSPS) is 11.4. The van der Waals surface area contributed by atoms with Crippen LogP contribution in [0.5, 0.6) is 0 Å². The molecule has 24 heavy (non-hydrogen) atoms. The van der Waals surface area contributed by atoms with Crippen LogP contribution in [0.15, 0.2) is 12.3 Å². The van der Waals surface area contributed by atoms with E-state index in [2.05, 4.69) is 15.2 Å². The van der Waals surface area contributed by atoms with Crippen LogP contribution in [0.2, 0.25) is 0 Å². The number of halogens is 3. The summed E-state index contributed by atoms with van der Waals surface area (Å²) in [5.74, 6) is -1.52. The SMILES string of the molecule is CCn1cc(C(=O)Nc2cc(C)c(C(=O)OC)s2)c(C(F)(F)F)n1. The number of alkyl halides is 3. The minimum atomic E-state index is -4.74. The van der Waals surface area contributed by atoms with Crippen molar-refractivity contribution >= 4 is 28.2 Å². The Labute approximate surface area is 139 Å². The lowest BCUT2D eigenvalue weighted by atomic mass is 10.2. The summed E-state index contributed by atoms with van der Waals surface area (Å²) in [6.45, 7) is 3.44. The van der Waals surface area contributed by atoms with E-state index in [1.54, 1.807) is 13.8 Å². The van der Waals surface area contributed by atoms with E-state index in [9.17, 15) is 22.8 Å². The lowest BCUT2D eigenvalue weighted by Gasteiger charge is -2.05. The van der Waals surface area contributed by atoms with Gasteiger partial charge in [0.25, 0.3) is 5.91 Å². The second kappa shape index (κ2) is 6.63. The van der Waals surface area contributed by atoms with E-state index in [0.29, 0.717) is 5.56 Å². The number of anilines is 1. The van der Waals surface area contributed by atoms with Gasteiger partial charge >= 0.3 is 12.1 Å². The van der Waals surface area contributed by atoms with Gasteiger partial charge in [0.05, 0.1) is 17.7 Å². The molecule has 0 aliphatic heterocycles. The van der Waals surface area contributed by atoms with Crippen molar-refractivity contribution in [3.63, 3.8) is 0 Å². The number of nitrogens with one attached hydrogen (secondary N) is 1. The molecule has 0 atom stereocenters. The van der Waals surface area contributed by atoms with Gasteiger partial charge in [0.2, 0.25) is 0 Å². The highest BCUT2D eigenvalue weighted by Gasteiger charge is 2.39. The molecule has 0 saturated carbocycles. The number of carbonyl (C=O) groups is 2. The summed E-state index contributed by atoms with van der Waals surface area (Å²) in [6.07, 6.45) is -3.70. The number of hydrogen-bond donors (Lipinski definition) is 1. The van der Waals surface area contributed by atoms with Crippen LogP contribution in [0.3, 0.4) is 0 Å². The quantitative estimate of drug-likeness (QED) is 0.848. The van der Waals surface area contributed by atoms with Gasteiger partial charge in [-0.25, -0.2) is 4.79 Å². The first-order valence-electron chi connectivity index (χ1n) is 6.82. The average molecular weight is 361 g/mol. The van der Waals surface area contributed by atoms with E-state index in [0.717, 1.165) is 22.2 Å². The molecule has 0 aliphatic carbocycles. The molecule has 0 radical (unpaired) electrons. The van der Waals surface area contributed by atoms with E-state index < -0.39 is 29.3 Å². The minimum absolute atomic E-state index is 0.195. The maximum atomic E-state index is 13.0. The summed E-state index contributed by atoms with van der Waals surface area (Å²) in [5, 5.41) is 6.00. The monoisotopic (exact) mass is 361 g/mol. The van der Waals surface area contributed by atoms with Crippen LogP contribution in [-0.4, -0.2) is 28.8 Å². The molecule has 130 valence electrons. The molecule has 0 fully saturated rings. The van der Waals surface area contributed by atoms with Gasteiger partial charge in [0.1, 0.15) is 4.88 Å². The standard InChI is InChI=1S/C14H14F3N3O3S/c1-4-20-6-8(11(19-20)14(15,16)17)12(21)18-9-5-7(2)10(24-9)13(22)23-3/h5-6H,4H2,1-3H3,(H,18,21). The van der Waals surface area contributed by atoms with Crippen molar-refractivity contribution in [2.45, 2.75) is 26.6 Å². The van der Waals surface area contributed by atoms with Gasteiger partial charge in [-0.15, -0.1) is 11.3 Å². The number of amides is 1. The largest absolute Gasteiger partial charge is 0.465 e. The summed E-state index contributed by atoms with van der Waals surface area (Å²) in [5.41, 5.74) is -1.26. The number of ether oxygens (including phenoxy) is 1. The van der Waals surface area contributed by atoms with Crippen molar-refractivity contribution in [2.75, 3.05) is 12.4 Å². The first kappa shape index (κ1) is 18.0. The molecule has 6 nitrogen and oxygen atoms in total. The number of methoxy groups -OCH3 is 1. The Hall–Kier alpha value is -2.36. The van der Waals surface area contributed by atoms with Crippen molar-refractivity contribution in [1.82, 2.24) is 9.78 Å². The predicted molar refractivity (Wildman–Crippen MR) is 81.3 cm³/mol. The lowest BCUT2D eigenvalue weighted by molar-refractivity contribution is -0.141. The molecule has 1 N–H and O–H groups in total. The number of aromatic nitrogens is 2. The topological polar surface area (TPSA) is 73.2 Å². The van der Waals surface area contributed by atoms with Crippen molar-refractivity contribution in [3.8, 4) is 0 Å². The number of hydrogen-bond acceptors (Lipinski definition) is 5. The molecule has 0 bridgehead atoms. The molecule has 0 saturated heterocycles. The summed E-state index contributed by atoms with van der Waals surface area (Å²) in [7, 11) is 1.22. The van der Waals surface area contributed by atoms with Crippen LogP contribution in [0, 0.1) is 6.92 Å². The van der Waals surface area contributed by atoms with Gasteiger partial charge < -0.3 is 10.1 Å². The van der Waals surface area contributed by atoms with Crippen LogP contribution in [-0.2, 0) is 17.5 Å². The van der Waals surface area contributed by atoms with E-state index >= 15 is 0 Å². The molecule has 2 rings (SSSR count). The molecule has 2 aromatic heterocycles. The van der Waals surface area contributed by atoms with Gasteiger partial charge in [0, 0.05) is 12.7 Å². The molecule has 0 aromatic carbocycles. The zero-order valence-electron chi connectivity index (χ0n) is 13.0. The number of nitrogens with zero attached hydrogens (tertiary/aromatic N) is 2. The number of thiophene rings is 1. The fraction of sp³-hybridized carbons (Fsp3) is 0.357. The van der Waals surface area contributed by atoms with Crippen LogP contribution >= 0.6 is 11.3 Å². The molecule has 2 aromatic rings. The van der Waals surface area contributed by atoms with Gasteiger partial charge in [0.15, 0.2) is 5.69 Å². The molecule has 2 heterocycles. The van der Waals surface area contributed by atoms with E-state index in [4.69, 9.17) is 0 Å². The third kappa shape index (κ3) is 3.58. The summed E-state index contributed by atoms with van der Waals surface area (Å²) in [6, 6.07) is 1.49. The zero-order chi connectivity index (χ0) is 18.1. The number of esters is 1. The molecule has 0 aliphatic rings. The van der Waals surface area contributed by atoms with Gasteiger partial charge in [-0.2, -0.15) is 18.3 Å². The smallest absolute Gasteiger partial charge is 0.435 e. The summed E-state index contributed by atoms with van der Waals surface area (Å²) < 4.78 is 44.6. The third-order valence-electron chi connectivity index (χ3n) is 3.12. The number of rotatable bonds is 4. The van der Waals surface area contributed by atoms with Crippen molar-refractivity contribution in [1.29, 1.82) is 0 Å². The van der Waals surface area contributed by atoms with Gasteiger partial charge in [-0.1, -0.05) is 0 Å². The first-order valence-corrected chi connectivity index (χ1v) is 7.63. The Morgan fingerprint density at radius 2 is 2.08 bits per heavy atom. The fourth-order valence-electron chi connectivity index (χ4n) is 1.98. The molecule has 0 unspecified atom stereocenters. The summed E-state index contributed by atoms with van der Waals surface area (Å²) >= 11 is 0.926. The highest BCUT2D eigenvalue weighted by atomic mass is 32.1. The Balaban J connectivity index is 2.31. The van der Waals surface area contributed by atoms with Crippen molar-refractivity contribution < 1.29 is 27.5 Å². The van der Waals surface area contributed by atoms with Crippen LogP contribution in [0.4, 0.5) is 18.2 Å². The highest BCUT2D eigenvalue weighted by molar-refractivity contribution is 7.18. The Kier molecular flexibility index (Phi) is 4.97. The Morgan fingerprint density at radius 3 is 2.62 bits per heavy atom. The highest BCUT2D eigenvalue weighted by Crippen LogP contribution is 2.32. The van der Waals surface area contributed by atoms with Crippen molar-refractivity contribution in [3.05, 3.63) is 34.0 Å². The minimum Gasteiger partial charge on any atom is -0.465 e. The molecule has 1 amide bonds. The molecule has 10 heteroatoms. The fourth-order valence-corrected chi connectivity index (χ4v) is 2.96. The molecule has 0 spiro atoms. The number of aryl methyl sites for hydroxylation is 2. The van der Waals surface area contributed by atoms with Crippen LogP contribution in [0.1, 0.15) is 38.2 Å². The average Bonchev–Trinajstić information content (AvgIpc) is 3.09. The van der Waals surface area contributed by atoms with E-state index in [1.807, 2.05) is 0 Å². The van der Waals surface area contributed by atoms with Gasteiger partial charge in [-0.05, 0) is 25.5 Å². The molecular weight excluding hydrogens is 347 g/mol. The van der Waals surface area contributed by atoms with Crippen LogP contribution in [0.25, 0.3) is 0 Å². The third-order valence-corrected chi connectivity index (χ3v) is 4.26. The lowest BCUT2D eigenvalue weighted by Crippen LogP contribution is -2.17. The van der Waals surface area contributed by atoms with E-state index in [1.165, 1.54) is 13.2 Å². The maximum Gasteiger partial charge on any atom is 0.435 e. The van der Waals surface area contributed by atoms with Crippen molar-refractivity contribution in [2.24, 2.45) is 0 Å². The maximum absolute atomic E-state index is 13.0. The molecular formula is C14H14F3N3O3S. The Morgan fingerprint density at radius 1 is 1.42 bits per heavy atom. The Bertz CT molecular complexity index is 780. The number of carbonyl (C=O) groups excluding carboxylic acids is 2. The zero-order valence-corrected chi connectivity index (χ0v) is 13.8. The van der Waals surface area contributed by atoms with Crippen LogP contribution < -0.4 is 5.32 Å².